The summed E-state index contributed by atoms with van der Waals surface area (Å²) in [6.45, 7) is 3.11. The Balaban J connectivity index is 1.97. The molecule has 94 valence electrons. The molecule has 1 saturated heterocycles. The summed E-state index contributed by atoms with van der Waals surface area (Å²) in [6.07, 6.45) is 2.25. The van der Waals surface area contributed by atoms with Crippen molar-refractivity contribution in [3.05, 3.63) is 23.8 Å². The van der Waals surface area contributed by atoms with Crippen LogP contribution in [0.2, 0.25) is 0 Å². The first-order valence-electron chi connectivity index (χ1n) is 6.09. The van der Waals surface area contributed by atoms with Gasteiger partial charge in [-0.3, -0.25) is 4.90 Å². The van der Waals surface area contributed by atoms with Crippen molar-refractivity contribution < 1.29 is 10.2 Å². The third kappa shape index (κ3) is 3.11. The maximum Gasteiger partial charge on any atom is 0.138 e. The van der Waals surface area contributed by atoms with Crippen molar-refractivity contribution in [2.45, 2.75) is 19.4 Å². The van der Waals surface area contributed by atoms with Crippen LogP contribution in [0.5, 0.6) is 5.75 Å². The molecule has 1 heterocycles. The number of rotatable bonds is 3. The Bertz CT molecular complexity index is 382. The summed E-state index contributed by atoms with van der Waals surface area (Å²) in [5.74, 6) is 0.541. The summed E-state index contributed by atoms with van der Waals surface area (Å²) < 4.78 is 0. The van der Waals surface area contributed by atoms with Gasteiger partial charge >= 0.3 is 0 Å². The second-order valence-corrected chi connectivity index (χ2v) is 4.82. The number of nitrogen functional groups attached to an aromatic ring is 1. The van der Waals surface area contributed by atoms with Crippen molar-refractivity contribution in [1.82, 2.24) is 4.90 Å². The first-order chi connectivity index (χ1) is 8.19. The van der Waals surface area contributed by atoms with Crippen LogP contribution in [0.3, 0.4) is 0 Å². The van der Waals surface area contributed by atoms with Crippen LogP contribution in [0.25, 0.3) is 0 Å². The predicted molar refractivity (Wildman–Crippen MR) is 67.6 cm³/mol. The second kappa shape index (κ2) is 5.38. The minimum atomic E-state index is 0.139. The predicted octanol–water partition coefficient (Wildman–Crippen LogP) is 1.18. The molecule has 1 aromatic rings. The minimum absolute atomic E-state index is 0.139. The summed E-state index contributed by atoms with van der Waals surface area (Å²) in [5, 5.41) is 18.5. The molecule has 1 aliphatic rings. The number of anilines is 1. The lowest BCUT2D eigenvalue weighted by Gasteiger charge is -2.31. The molecule has 1 fully saturated rings. The van der Waals surface area contributed by atoms with E-state index in [1.165, 1.54) is 0 Å². The quantitative estimate of drug-likeness (QED) is 0.544. The van der Waals surface area contributed by atoms with Crippen molar-refractivity contribution in [2.24, 2.45) is 5.92 Å². The average Bonchev–Trinajstić information content (AvgIpc) is 2.34. The second-order valence-electron chi connectivity index (χ2n) is 4.82. The maximum atomic E-state index is 9.36. The average molecular weight is 236 g/mol. The summed E-state index contributed by atoms with van der Waals surface area (Å²) >= 11 is 0. The number of hydrogen-bond acceptors (Lipinski definition) is 4. The molecule has 4 nitrogen and oxygen atoms in total. The fourth-order valence-corrected chi connectivity index (χ4v) is 2.40. The Morgan fingerprint density at radius 2 is 2.24 bits per heavy atom. The molecule has 4 heteroatoms. The highest BCUT2D eigenvalue weighted by molar-refractivity contribution is 5.53. The number of phenolic OH excluding ortho intramolecular Hbond substituents is 1. The van der Waals surface area contributed by atoms with Gasteiger partial charge in [0.05, 0.1) is 5.69 Å². The van der Waals surface area contributed by atoms with Crippen LogP contribution < -0.4 is 5.73 Å². The van der Waals surface area contributed by atoms with E-state index in [1.807, 2.05) is 12.1 Å². The Morgan fingerprint density at radius 1 is 1.41 bits per heavy atom. The molecule has 4 N–H and O–H groups in total. The van der Waals surface area contributed by atoms with Crippen LogP contribution in [0.4, 0.5) is 5.69 Å². The summed E-state index contributed by atoms with van der Waals surface area (Å²) in [6, 6.07) is 5.35. The van der Waals surface area contributed by atoms with E-state index in [-0.39, 0.29) is 12.4 Å². The first kappa shape index (κ1) is 12.2. The molecular formula is C13H20N2O2. The lowest BCUT2D eigenvalue weighted by atomic mass is 9.98. The summed E-state index contributed by atoms with van der Waals surface area (Å²) in [4.78, 5) is 2.33. The van der Waals surface area contributed by atoms with E-state index in [4.69, 9.17) is 5.73 Å². The molecule has 17 heavy (non-hydrogen) atoms. The molecular weight excluding hydrogens is 216 g/mol. The number of benzene rings is 1. The number of likely N-dealkylation sites (tertiary alicyclic amines) is 1. The number of piperidine rings is 1. The van der Waals surface area contributed by atoms with Gasteiger partial charge in [0.25, 0.3) is 0 Å². The van der Waals surface area contributed by atoms with E-state index >= 15 is 0 Å². The third-order valence-corrected chi connectivity index (χ3v) is 3.36. The highest BCUT2D eigenvalue weighted by Crippen LogP contribution is 2.23. The number of nitrogens with two attached hydrogens (primary N) is 1. The highest BCUT2D eigenvalue weighted by Gasteiger charge is 2.19. The lowest BCUT2D eigenvalue weighted by Crippen LogP contribution is -2.36. The maximum absolute atomic E-state index is 9.36. The van der Waals surface area contributed by atoms with Crippen molar-refractivity contribution in [3.63, 3.8) is 0 Å². The van der Waals surface area contributed by atoms with Gasteiger partial charge in [-0.05, 0) is 43.0 Å². The molecule has 0 radical (unpaired) electrons. The minimum Gasteiger partial charge on any atom is -0.506 e. The first-order valence-corrected chi connectivity index (χ1v) is 6.09. The molecule has 0 spiro atoms. The Morgan fingerprint density at radius 3 is 2.94 bits per heavy atom. The number of aliphatic hydroxyl groups is 1. The van der Waals surface area contributed by atoms with Gasteiger partial charge in [-0.15, -0.1) is 0 Å². The number of nitrogens with zero attached hydrogens (tertiary/aromatic N) is 1. The fourth-order valence-electron chi connectivity index (χ4n) is 2.40. The van der Waals surface area contributed by atoms with Crippen molar-refractivity contribution >= 4 is 5.69 Å². The van der Waals surface area contributed by atoms with Crippen LogP contribution >= 0.6 is 0 Å². The van der Waals surface area contributed by atoms with Gasteiger partial charge in [0.1, 0.15) is 5.75 Å². The van der Waals surface area contributed by atoms with Gasteiger partial charge in [0, 0.05) is 19.7 Å². The topological polar surface area (TPSA) is 69.7 Å². The van der Waals surface area contributed by atoms with E-state index in [0.717, 1.165) is 38.0 Å². The van der Waals surface area contributed by atoms with E-state index in [0.29, 0.717) is 11.6 Å². The molecule has 0 bridgehead atoms. The molecule has 1 atom stereocenters. The number of aliphatic hydroxyl groups excluding tert-OH is 1. The van der Waals surface area contributed by atoms with Crippen molar-refractivity contribution in [3.8, 4) is 5.75 Å². The lowest BCUT2D eigenvalue weighted by molar-refractivity contribution is 0.116. The largest absolute Gasteiger partial charge is 0.506 e. The SMILES string of the molecule is Nc1cc(CN2CCCC(CO)C2)ccc1O. The Kier molecular flexibility index (Phi) is 3.86. The zero-order valence-electron chi connectivity index (χ0n) is 9.97. The number of phenols is 1. The molecule has 2 rings (SSSR count). The normalized spacial score (nSPS) is 21.6. The van der Waals surface area contributed by atoms with Crippen molar-refractivity contribution in [1.29, 1.82) is 0 Å². The van der Waals surface area contributed by atoms with Crippen LogP contribution in [0, 0.1) is 5.92 Å². The molecule has 1 aromatic carbocycles. The van der Waals surface area contributed by atoms with Crippen LogP contribution in [0.1, 0.15) is 18.4 Å². The van der Waals surface area contributed by atoms with Crippen LogP contribution in [0.15, 0.2) is 18.2 Å². The van der Waals surface area contributed by atoms with Gasteiger partial charge in [-0.2, -0.15) is 0 Å². The molecule has 0 saturated carbocycles. The number of aromatic hydroxyl groups is 1. The third-order valence-electron chi connectivity index (χ3n) is 3.36. The smallest absolute Gasteiger partial charge is 0.138 e. The molecule has 0 aromatic heterocycles. The number of hydrogen-bond donors (Lipinski definition) is 3. The standard InChI is InChI=1S/C13H20N2O2/c14-12-6-10(3-4-13(12)17)7-15-5-1-2-11(8-15)9-16/h3-4,6,11,16-17H,1-2,5,7-9,14H2. The Labute approximate surface area is 102 Å². The Hall–Kier alpha value is -1.26. The van der Waals surface area contributed by atoms with Gasteiger partial charge in [-0.25, -0.2) is 0 Å². The van der Waals surface area contributed by atoms with E-state index in [1.54, 1.807) is 6.07 Å². The summed E-state index contributed by atoms with van der Waals surface area (Å²) in [5.41, 5.74) is 7.21. The molecule has 0 amide bonds. The van der Waals surface area contributed by atoms with Gasteiger partial charge in [-0.1, -0.05) is 6.07 Å². The molecule has 1 unspecified atom stereocenters. The summed E-state index contributed by atoms with van der Waals surface area (Å²) in [7, 11) is 0. The zero-order valence-corrected chi connectivity index (χ0v) is 9.97. The molecule has 1 aliphatic heterocycles. The fraction of sp³-hybridized carbons (Fsp3) is 0.538. The van der Waals surface area contributed by atoms with E-state index < -0.39 is 0 Å². The van der Waals surface area contributed by atoms with Gasteiger partial charge in [0.2, 0.25) is 0 Å². The van der Waals surface area contributed by atoms with Crippen LogP contribution in [-0.2, 0) is 6.54 Å². The highest BCUT2D eigenvalue weighted by atomic mass is 16.3. The molecule has 0 aliphatic carbocycles. The van der Waals surface area contributed by atoms with E-state index in [2.05, 4.69) is 4.90 Å². The van der Waals surface area contributed by atoms with Crippen LogP contribution in [-0.4, -0.2) is 34.8 Å². The van der Waals surface area contributed by atoms with E-state index in [9.17, 15) is 10.2 Å². The van der Waals surface area contributed by atoms with Gasteiger partial charge < -0.3 is 15.9 Å². The van der Waals surface area contributed by atoms with Gasteiger partial charge in [0.15, 0.2) is 0 Å². The van der Waals surface area contributed by atoms with Crippen molar-refractivity contribution in [2.75, 3.05) is 25.4 Å². The monoisotopic (exact) mass is 236 g/mol. The zero-order chi connectivity index (χ0) is 12.3.